The molecule has 0 fully saturated rings. The van der Waals surface area contributed by atoms with E-state index in [2.05, 4.69) is 12.2 Å². The highest BCUT2D eigenvalue weighted by atomic mass is 32.2. The van der Waals surface area contributed by atoms with Gasteiger partial charge >= 0.3 is 0 Å². The smallest absolute Gasteiger partial charge is 0.244 e. The number of sulfonamides is 1. The zero-order chi connectivity index (χ0) is 16.0. The van der Waals surface area contributed by atoms with Crippen molar-refractivity contribution in [1.82, 2.24) is 9.62 Å². The molecule has 1 atom stereocenters. The number of hydrogen-bond donors (Lipinski definition) is 1. The molecule has 0 saturated heterocycles. The molecule has 1 N–H and O–H groups in total. The number of rotatable bonds is 9. The molecule has 4 nitrogen and oxygen atoms in total. The van der Waals surface area contributed by atoms with Crippen molar-refractivity contribution < 1.29 is 8.42 Å². The van der Waals surface area contributed by atoms with Gasteiger partial charge in [-0.15, -0.1) is 11.3 Å². The van der Waals surface area contributed by atoms with E-state index in [4.69, 9.17) is 0 Å². The van der Waals surface area contributed by atoms with Crippen LogP contribution in [0, 0.1) is 6.92 Å². The van der Waals surface area contributed by atoms with Gasteiger partial charge in [-0.25, -0.2) is 8.42 Å². The third-order valence-corrected chi connectivity index (χ3v) is 7.62. The van der Waals surface area contributed by atoms with E-state index in [1.165, 1.54) is 15.6 Å². The highest BCUT2D eigenvalue weighted by molar-refractivity contribution is 7.98. The quantitative estimate of drug-likeness (QED) is 0.696. The van der Waals surface area contributed by atoms with E-state index >= 15 is 0 Å². The predicted molar refractivity (Wildman–Crippen MR) is 93.8 cm³/mol. The van der Waals surface area contributed by atoms with Crippen molar-refractivity contribution in [3.63, 3.8) is 0 Å². The second kappa shape index (κ2) is 8.53. The summed E-state index contributed by atoms with van der Waals surface area (Å²) in [4.78, 5) is 1.40. The Balaban J connectivity index is 3.04. The summed E-state index contributed by atoms with van der Waals surface area (Å²) < 4.78 is 27.3. The Labute approximate surface area is 137 Å². The Hall–Kier alpha value is -0.0800. The molecule has 0 saturated carbocycles. The Morgan fingerprint density at radius 1 is 1.48 bits per heavy atom. The van der Waals surface area contributed by atoms with Gasteiger partial charge in [0.1, 0.15) is 4.90 Å². The van der Waals surface area contributed by atoms with Gasteiger partial charge in [0.25, 0.3) is 0 Å². The van der Waals surface area contributed by atoms with Gasteiger partial charge in [-0.05, 0) is 44.0 Å². The number of aryl methyl sites for hydroxylation is 1. The summed E-state index contributed by atoms with van der Waals surface area (Å²) in [6.45, 7) is 7.44. The minimum absolute atomic E-state index is 0.0132. The van der Waals surface area contributed by atoms with Crippen molar-refractivity contribution in [3.05, 3.63) is 15.8 Å². The van der Waals surface area contributed by atoms with Gasteiger partial charge in [0, 0.05) is 30.3 Å². The molecule has 122 valence electrons. The molecular formula is C14H26N2O2S3. The van der Waals surface area contributed by atoms with Crippen LogP contribution in [-0.2, 0) is 16.6 Å². The summed E-state index contributed by atoms with van der Waals surface area (Å²) in [5.41, 5.74) is 0.844. The lowest BCUT2D eigenvalue weighted by Gasteiger charge is -2.24. The van der Waals surface area contributed by atoms with Crippen LogP contribution < -0.4 is 5.32 Å². The van der Waals surface area contributed by atoms with Crippen LogP contribution >= 0.6 is 23.1 Å². The van der Waals surface area contributed by atoms with Crippen LogP contribution in [0.2, 0.25) is 0 Å². The Bertz CT molecular complexity index is 540. The summed E-state index contributed by atoms with van der Waals surface area (Å²) in [5.74, 6) is 0.794. The molecule has 0 amide bonds. The van der Waals surface area contributed by atoms with Crippen molar-refractivity contribution in [2.75, 3.05) is 25.6 Å². The first-order chi connectivity index (χ1) is 9.86. The lowest BCUT2D eigenvalue weighted by molar-refractivity contribution is 0.414. The highest BCUT2D eigenvalue weighted by Gasteiger charge is 2.30. The molecule has 0 radical (unpaired) electrons. The first-order valence-corrected chi connectivity index (χ1v) is 10.8. The first-order valence-electron chi connectivity index (χ1n) is 7.10. The molecule has 1 heterocycles. The van der Waals surface area contributed by atoms with Crippen LogP contribution in [0.5, 0.6) is 0 Å². The molecule has 0 aliphatic carbocycles. The Kier molecular flexibility index (Phi) is 7.70. The molecule has 0 aliphatic rings. The average molecular weight is 351 g/mol. The van der Waals surface area contributed by atoms with Crippen molar-refractivity contribution in [3.8, 4) is 0 Å². The van der Waals surface area contributed by atoms with Gasteiger partial charge in [-0.1, -0.05) is 6.92 Å². The molecule has 0 bridgehead atoms. The number of thioether (sulfide) groups is 1. The molecule has 1 aromatic heterocycles. The van der Waals surface area contributed by atoms with Gasteiger partial charge in [0.15, 0.2) is 0 Å². The monoisotopic (exact) mass is 350 g/mol. The first kappa shape index (κ1) is 19.0. The number of hydrogen-bond acceptors (Lipinski definition) is 5. The summed E-state index contributed by atoms with van der Waals surface area (Å²) in [6.07, 6.45) is 3.03. The van der Waals surface area contributed by atoms with Crippen LogP contribution in [0.3, 0.4) is 0 Å². The summed E-state index contributed by atoms with van der Waals surface area (Å²) in [5, 5.41) is 5.23. The van der Waals surface area contributed by atoms with E-state index in [1.54, 1.807) is 18.8 Å². The van der Waals surface area contributed by atoms with E-state index in [0.717, 1.165) is 29.2 Å². The van der Waals surface area contributed by atoms with E-state index in [9.17, 15) is 8.42 Å². The van der Waals surface area contributed by atoms with E-state index in [1.807, 2.05) is 25.5 Å². The summed E-state index contributed by atoms with van der Waals surface area (Å²) in [7, 11) is -1.75. The molecular weight excluding hydrogens is 324 g/mol. The maximum Gasteiger partial charge on any atom is 0.244 e. The standard InChI is InChI=1S/C14H26N2O2S3/c1-6-7-15-8-13-14(11(2)9-20-13)21(17,18)16(4)12(3)10-19-5/h9,12,15H,6-8,10H2,1-5H3. The van der Waals surface area contributed by atoms with Gasteiger partial charge in [-0.3, -0.25) is 0 Å². The third kappa shape index (κ3) is 4.69. The lowest BCUT2D eigenvalue weighted by atomic mass is 10.3. The summed E-state index contributed by atoms with van der Waals surface area (Å²) >= 11 is 3.18. The number of thiophene rings is 1. The molecule has 1 unspecified atom stereocenters. The van der Waals surface area contributed by atoms with Crippen molar-refractivity contribution in [2.45, 2.75) is 44.7 Å². The maximum atomic E-state index is 12.9. The van der Waals surface area contributed by atoms with Gasteiger partial charge in [0.2, 0.25) is 10.0 Å². The van der Waals surface area contributed by atoms with Crippen LogP contribution in [0.15, 0.2) is 10.3 Å². The topological polar surface area (TPSA) is 49.4 Å². The van der Waals surface area contributed by atoms with E-state index in [-0.39, 0.29) is 6.04 Å². The van der Waals surface area contributed by atoms with Crippen molar-refractivity contribution in [2.24, 2.45) is 0 Å². The summed E-state index contributed by atoms with van der Waals surface area (Å²) in [6, 6.07) is -0.0132. The van der Waals surface area contributed by atoms with E-state index in [0.29, 0.717) is 11.4 Å². The highest BCUT2D eigenvalue weighted by Crippen LogP contribution is 2.30. The van der Waals surface area contributed by atoms with Crippen molar-refractivity contribution >= 4 is 33.1 Å². The van der Waals surface area contributed by atoms with Gasteiger partial charge in [0.05, 0.1) is 0 Å². The van der Waals surface area contributed by atoms with E-state index < -0.39 is 10.0 Å². The molecule has 21 heavy (non-hydrogen) atoms. The average Bonchev–Trinajstić information content (AvgIpc) is 2.80. The third-order valence-electron chi connectivity index (χ3n) is 3.37. The molecule has 0 spiro atoms. The maximum absolute atomic E-state index is 12.9. The SMILES string of the molecule is CCCNCc1scc(C)c1S(=O)(=O)N(C)C(C)CSC. The second-order valence-electron chi connectivity index (χ2n) is 5.17. The minimum atomic E-state index is -3.43. The van der Waals surface area contributed by atoms with Crippen LogP contribution in [-0.4, -0.2) is 44.4 Å². The van der Waals surface area contributed by atoms with Crippen molar-refractivity contribution in [1.29, 1.82) is 0 Å². The predicted octanol–water partition coefficient (Wildman–Crippen LogP) is 2.93. The Morgan fingerprint density at radius 3 is 2.71 bits per heavy atom. The minimum Gasteiger partial charge on any atom is -0.312 e. The molecule has 7 heteroatoms. The fourth-order valence-corrected chi connectivity index (χ4v) is 5.95. The molecule has 0 aromatic carbocycles. The number of nitrogens with one attached hydrogen (secondary N) is 1. The molecule has 1 rings (SSSR count). The normalized spacial score (nSPS) is 13.8. The zero-order valence-electron chi connectivity index (χ0n) is 13.5. The fraction of sp³-hybridized carbons (Fsp3) is 0.714. The lowest BCUT2D eigenvalue weighted by Crippen LogP contribution is -2.37. The fourth-order valence-electron chi connectivity index (χ4n) is 2.06. The van der Waals surface area contributed by atoms with Crippen LogP contribution in [0.1, 0.15) is 30.7 Å². The zero-order valence-corrected chi connectivity index (χ0v) is 15.9. The van der Waals surface area contributed by atoms with Gasteiger partial charge < -0.3 is 5.32 Å². The molecule has 0 aliphatic heterocycles. The van der Waals surface area contributed by atoms with Crippen LogP contribution in [0.25, 0.3) is 0 Å². The number of nitrogens with zero attached hydrogens (tertiary/aromatic N) is 1. The largest absolute Gasteiger partial charge is 0.312 e. The van der Waals surface area contributed by atoms with Gasteiger partial charge in [-0.2, -0.15) is 16.1 Å². The Morgan fingerprint density at radius 2 is 2.14 bits per heavy atom. The molecule has 1 aromatic rings. The van der Waals surface area contributed by atoms with Crippen LogP contribution in [0.4, 0.5) is 0 Å². The second-order valence-corrected chi connectivity index (χ2v) is 8.98.